The second-order valence-corrected chi connectivity index (χ2v) is 18.8. The maximum absolute atomic E-state index is 6.43. The highest BCUT2D eigenvalue weighted by Crippen LogP contribution is 2.45. The van der Waals surface area contributed by atoms with Gasteiger partial charge in [0.15, 0.2) is 0 Å². The molecule has 0 saturated heterocycles. The molecule has 0 saturated carbocycles. The number of nitrogens with zero attached hydrogens (tertiary/aromatic N) is 3. The summed E-state index contributed by atoms with van der Waals surface area (Å²) in [5, 5.41) is 7.61. The Morgan fingerprint density at radius 3 is 2.06 bits per heavy atom. The maximum Gasteiger partial charge on any atom is 0.128 e. The van der Waals surface area contributed by atoms with Gasteiger partial charge < -0.3 is 18.6 Å². The minimum absolute atomic E-state index is 0.0704. The molecule has 0 spiro atoms. The van der Waals surface area contributed by atoms with Crippen LogP contribution in [0.5, 0.6) is 5.75 Å². The molecule has 1 unspecified atom stereocenters. The summed E-state index contributed by atoms with van der Waals surface area (Å²) in [7, 11) is 0. The van der Waals surface area contributed by atoms with E-state index >= 15 is 0 Å². The van der Waals surface area contributed by atoms with Crippen molar-refractivity contribution in [3.05, 3.63) is 265 Å². The molecule has 332 valence electrons. The lowest BCUT2D eigenvalue weighted by Gasteiger charge is -2.28. The zero-order valence-electron chi connectivity index (χ0n) is 38.6. The number of para-hydroxylation sites is 5. The van der Waals surface area contributed by atoms with Crippen LogP contribution >= 0.6 is 0 Å². The summed E-state index contributed by atoms with van der Waals surface area (Å²) in [6.45, 7) is 4.30. The average molecular weight is 898 g/mol. The third kappa shape index (κ3) is 6.37. The van der Waals surface area contributed by atoms with Gasteiger partial charge in [-0.2, -0.15) is 0 Å². The molecule has 4 heteroatoms. The summed E-state index contributed by atoms with van der Waals surface area (Å²) in [5.41, 5.74) is 19.5. The number of fused-ring (bicyclic) bond motifs is 12. The Hall–Kier alpha value is -8.86. The Kier molecular flexibility index (Phi) is 9.28. The highest BCUT2D eigenvalue weighted by molar-refractivity contribution is 6.23. The van der Waals surface area contributed by atoms with Gasteiger partial charge in [0.25, 0.3) is 0 Å². The molecule has 11 aromatic rings. The summed E-state index contributed by atoms with van der Waals surface area (Å²) >= 11 is 0. The van der Waals surface area contributed by atoms with Crippen LogP contribution < -0.4 is 9.64 Å². The SMILES string of the molecule is C=C/C(=C\C=C\N(C1=CC=C(C2=CC=C3c4ccccc4OC3C2)CC1)c1ccc(-c2ccc3c(c2)c2ccccc2n3-c2ccccc2)cc1)c1ccc2c(c1)c1cccc3c4ccccc4n2c31. The van der Waals surface area contributed by atoms with E-state index in [0.717, 1.165) is 47.5 Å². The average Bonchev–Trinajstić information content (AvgIpc) is 4.17. The van der Waals surface area contributed by atoms with E-state index in [1.165, 1.54) is 99.0 Å². The molecule has 1 atom stereocenters. The number of benzene rings is 8. The summed E-state index contributed by atoms with van der Waals surface area (Å²) in [5.74, 6) is 0.990. The largest absolute Gasteiger partial charge is 0.485 e. The van der Waals surface area contributed by atoms with E-state index in [-0.39, 0.29) is 6.10 Å². The van der Waals surface area contributed by atoms with Gasteiger partial charge in [0, 0.05) is 73.1 Å². The number of hydrogen-bond donors (Lipinski definition) is 0. The minimum atomic E-state index is 0.0704. The van der Waals surface area contributed by atoms with Crippen molar-refractivity contribution in [3.8, 4) is 22.6 Å². The van der Waals surface area contributed by atoms with E-state index in [1.54, 1.807) is 0 Å². The molecular formula is C66H47N3O. The van der Waals surface area contributed by atoms with E-state index in [4.69, 9.17) is 4.74 Å². The van der Waals surface area contributed by atoms with Crippen molar-refractivity contribution in [3.63, 3.8) is 0 Å². The van der Waals surface area contributed by atoms with Gasteiger partial charge in [0.1, 0.15) is 11.9 Å². The van der Waals surface area contributed by atoms with Crippen LogP contribution in [0.2, 0.25) is 0 Å². The van der Waals surface area contributed by atoms with Crippen LogP contribution in [0.15, 0.2) is 254 Å². The Morgan fingerprint density at radius 2 is 1.23 bits per heavy atom. The fourth-order valence-electron chi connectivity index (χ4n) is 11.6. The van der Waals surface area contributed by atoms with Crippen molar-refractivity contribution >= 4 is 76.7 Å². The Balaban J connectivity index is 0.816. The van der Waals surface area contributed by atoms with Crippen molar-refractivity contribution in [2.75, 3.05) is 4.90 Å². The highest BCUT2D eigenvalue weighted by atomic mass is 16.5. The van der Waals surface area contributed by atoms with Crippen LogP contribution in [0, 0.1) is 0 Å². The molecular weight excluding hydrogens is 851 g/mol. The molecule has 70 heavy (non-hydrogen) atoms. The first-order valence-corrected chi connectivity index (χ1v) is 24.4. The Bertz CT molecular complexity index is 4130. The third-order valence-corrected chi connectivity index (χ3v) is 15.0. The minimum Gasteiger partial charge on any atom is -0.485 e. The second kappa shape index (κ2) is 16.1. The summed E-state index contributed by atoms with van der Waals surface area (Å²) in [6, 6.07) is 66.0. The zero-order chi connectivity index (χ0) is 46.3. The number of aromatic nitrogens is 2. The van der Waals surface area contributed by atoms with E-state index in [1.807, 2.05) is 6.08 Å². The lowest BCUT2D eigenvalue weighted by atomic mass is 9.86. The summed E-state index contributed by atoms with van der Waals surface area (Å²) in [6.07, 6.45) is 20.6. The molecule has 0 amide bonds. The summed E-state index contributed by atoms with van der Waals surface area (Å²) < 4.78 is 11.2. The third-order valence-electron chi connectivity index (χ3n) is 15.0. The topological polar surface area (TPSA) is 21.8 Å². The lowest BCUT2D eigenvalue weighted by molar-refractivity contribution is 0.275. The van der Waals surface area contributed by atoms with Crippen molar-refractivity contribution in [1.29, 1.82) is 0 Å². The van der Waals surface area contributed by atoms with E-state index in [0.29, 0.717) is 0 Å². The van der Waals surface area contributed by atoms with E-state index in [2.05, 4.69) is 245 Å². The van der Waals surface area contributed by atoms with Crippen molar-refractivity contribution in [2.45, 2.75) is 25.4 Å². The van der Waals surface area contributed by atoms with Crippen molar-refractivity contribution < 1.29 is 4.74 Å². The first-order valence-electron chi connectivity index (χ1n) is 24.4. The number of anilines is 1. The zero-order valence-corrected chi connectivity index (χ0v) is 38.6. The van der Waals surface area contributed by atoms with Gasteiger partial charge in [-0.3, -0.25) is 0 Å². The fourth-order valence-corrected chi connectivity index (χ4v) is 11.6. The van der Waals surface area contributed by atoms with Crippen LogP contribution in [0.25, 0.3) is 87.9 Å². The van der Waals surface area contributed by atoms with Gasteiger partial charge in [0.2, 0.25) is 0 Å². The molecule has 3 aliphatic rings. The Labute approximate surface area is 406 Å². The number of rotatable bonds is 9. The smallest absolute Gasteiger partial charge is 0.128 e. The van der Waals surface area contributed by atoms with Crippen molar-refractivity contribution in [2.24, 2.45) is 0 Å². The molecule has 0 bridgehead atoms. The predicted octanol–water partition coefficient (Wildman–Crippen LogP) is 17.0. The quantitative estimate of drug-likeness (QED) is 0.135. The van der Waals surface area contributed by atoms with Gasteiger partial charge in [-0.25, -0.2) is 0 Å². The van der Waals surface area contributed by atoms with Crippen LogP contribution in [0.3, 0.4) is 0 Å². The number of ether oxygens (including phenoxy) is 1. The standard InChI is InChI=1S/C66H47N3O/c1-2-43(46-30-38-63-59(40-46)57-21-12-20-56-52-17-6-10-23-61(52)69(63)66(56)57)14-13-39-67(50-34-27-45(28-35-50)48-29-36-55-54-19-8-11-24-64(54)70-65(55)42-48)49-32-25-44(26-33-49)47-31-37-62-58(41-47)53-18-7-9-22-60(53)68(62)51-15-4-3-5-16-51/h2-27,29-34,36-41,65H,1,28,35,42H2/b39-13+,43-14+. The van der Waals surface area contributed by atoms with Gasteiger partial charge in [-0.1, -0.05) is 152 Å². The molecule has 4 nitrogen and oxygen atoms in total. The normalized spacial score (nSPS) is 15.9. The molecule has 8 aromatic carbocycles. The fraction of sp³-hybridized carbons (Fsp3) is 0.0606. The second-order valence-electron chi connectivity index (χ2n) is 18.8. The Morgan fingerprint density at radius 1 is 0.557 bits per heavy atom. The van der Waals surface area contributed by atoms with Gasteiger partial charge in [-0.05, 0) is 125 Å². The van der Waals surface area contributed by atoms with Crippen LogP contribution in [-0.2, 0) is 0 Å². The molecule has 3 aromatic heterocycles. The van der Waals surface area contributed by atoms with Crippen LogP contribution in [0.4, 0.5) is 5.69 Å². The lowest BCUT2D eigenvalue weighted by Crippen LogP contribution is -2.19. The first kappa shape index (κ1) is 40.2. The van der Waals surface area contributed by atoms with Gasteiger partial charge >= 0.3 is 0 Å². The molecule has 0 radical (unpaired) electrons. The molecule has 2 aliphatic carbocycles. The summed E-state index contributed by atoms with van der Waals surface area (Å²) in [4.78, 5) is 2.36. The van der Waals surface area contributed by atoms with Gasteiger partial charge in [-0.15, -0.1) is 0 Å². The van der Waals surface area contributed by atoms with Gasteiger partial charge in [0.05, 0.1) is 27.6 Å². The number of hydrogen-bond acceptors (Lipinski definition) is 2. The molecule has 14 rings (SSSR count). The molecule has 1 aliphatic heterocycles. The highest BCUT2D eigenvalue weighted by Gasteiger charge is 2.32. The monoisotopic (exact) mass is 897 g/mol. The predicted molar refractivity (Wildman–Crippen MR) is 294 cm³/mol. The number of allylic oxidation sites excluding steroid dienone is 10. The van der Waals surface area contributed by atoms with E-state index in [9.17, 15) is 0 Å². The first-order chi connectivity index (χ1) is 34.7. The molecule has 0 fully saturated rings. The maximum atomic E-state index is 6.43. The van der Waals surface area contributed by atoms with Crippen LogP contribution in [0.1, 0.15) is 30.4 Å². The molecule has 4 heterocycles. The van der Waals surface area contributed by atoms with Crippen LogP contribution in [-0.4, -0.2) is 15.1 Å². The van der Waals surface area contributed by atoms with E-state index < -0.39 is 0 Å². The van der Waals surface area contributed by atoms with Crippen molar-refractivity contribution in [1.82, 2.24) is 8.97 Å². The molecule has 0 N–H and O–H groups in total.